The number of rotatable bonds is 0. The Bertz CT molecular complexity index is 1120. The summed E-state index contributed by atoms with van der Waals surface area (Å²) in [6, 6.07) is 16.2. The summed E-state index contributed by atoms with van der Waals surface area (Å²) < 4.78 is 0. The molecule has 0 saturated carbocycles. The lowest BCUT2D eigenvalue weighted by molar-refractivity contribution is -0.138. The van der Waals surface area contributed by atoms with E-state index >= 15 is 0 Å². The fraction of sp³-hybridized carbons (Fsp3) is 0.238. The van der Waals surface area contributed by atoms with Crippen molar-refractivity contribution < 1.29 is 9.59 Å². The number of imide groups is 1. The number of aromatic nitrogens is 1. The van der Waals surface area contributed by atoms with Crippen LogP contribution in [0.25, 0.3) is 10.9 Å². The third-order valence-electron chi connectivity index (χ3n) is 6.35. The first kappa shape index (κ1) is 14.1. The summed E-state index contributed by atoms with van der Waals surface area (Å²) >= 11 is 0. The van der Waals surface area contributed by atoms with Crippen LogP contribution < -0.4 is 5.32 Å². The number of nitrogens with one attached hydrogen (secondary N) is 2. The number of para-hydroxylation sites is 2. The van der Waals surface area contributed by atoms with Gasteiger partial charge in [-0.1, -0.05) is 36.4 Å². The molecule has 4 atom stereocenters. The van der Waals surface area contributed by atoms with Crippen LogP contribution in [0.5, 0.6) is 0 Å². The van der Waals surface area contributed by atoms with Crippen LogP contribution in [0, 0.1) is 5.92 Å². The van der Waals surface area contributed by atoms with Gasteiger partial charge in [0.15, 0.2) is 0 Å². The second kappa shape index (κ2) is 4.55. The van der Waals surface area contributed by atoms with Crippen molar-refractivity contribution >= 4 is 28.4 Å². The Morgan fingerprint density at radius 1 is 0.923 bits per heavy atom. The molecule has 3 aromatic rings. The average molecular weight is 343 g/mol. The van der Waals surface area contributed by atoms with Crippen molar-refractivity contribution in [3.8, 4) is 0 Å². The largest absolute Gasteiger partial charge is 0.376 e. The molecular weight excluding hydrogens is 326 g/mol. The van der Waals surface area contributed by atoms with Gasteiger partial charge in [-0.15, -0.1) is 0 Å². The quantitative estimate of drug-likeness (QED) is 0.616. The second-order valence-corrected chi connectivity index (χ2v) is 7.47. The van der Waals surface area contributed by atoms with Gasteiger partial charge in [0.05, 0.1) is 17.9 Å². The summed E-state index contributed by atoms with van der Waals surface area (Å²) in [6.07, 6.45) is 0. The standard InChI is InChI=1S/C21H17N3O2/c1-24-20(25)16-14-10-6-2-4-8-12(10)22-18(14)19-15(17(16)21(24)26)11-7-3-5-9-13(11)23-19/h2-9,14,16-18,22-23H,1H3/t14?,16-,17+,18?/m0/s1. The summed E-state index contributed by atoms with van der Waals surface area (Å²) in [5.74, 6) is -0.940. The summed E-state index contributed by atoms with van der Waals surface area (Å²) in [5.41, 5.74) is 5.25. The van der Waals surface area contributed by atoms with Crippen LogP contribution in [0.3, 0.4) is 0 Å². The van der Waals surface area contributed by atoms with Gasteiger partial charge in [0, 0.05) is 35.2 Å². The molecule has 1 saturated heterocycles. The number of benzene rings is 2. The molecule has 2 unspecified atom stereocenters. The molecule has 0 bridgehead atoms. The number of nitrogens with zero attached hydrogens (tertiary/aromatic N) is 1. The SMILES string of the molecule is CN1C(=O)[C@@H]2c3c([nH]c4ccccc34)C3Nc4ccccc4C3[C@@H]2C1=O. The Balaban J connectivity index is 1.69. The molecule has 1 aliphatic carbocycles. The van der Waals surface area contributed by atoms with E-state index in [1.807, 2.05) is 36.4 Å². The minimum atomic E-state index is -0.409. The molecule has 3 heterocycles. The normalized spacial score (nSPS) is 28.6. The van der Waals surface area contributed by atoms with Crippen molar-refractivity contribution in [2.75, 3.05) is 12.4 Å². The average Bonchev–Trinajstić information content (AvgIpc) is 3.29. The maximum absolute atomic E-state index is 13.0. The van der Waals surface area contributed by atoms with E-state index < -0.39 is 5.92 Å². The highest BCUT2D eigenvalue weighted by Gasteiger charge is 2.59. The Hall–Kier alpha value is -3.08. The third-order valence-corrected chi connectivity index (χ3v) is 6.35. The van der Waals surface area contributed by atoms with Gasteiger partial charge in [0.1, 0.15) is 0 Å². The Kier molecular flexibility index (Phi) is 2.47. The van der Waals surface area contributed by atoms with Gasteiger partial charge in [-0.05, 0) is 23.3 Å². The number of anilines is 1. The van der Waals surface area contributed by atoms with Gasteiger partial charge >= 0.3 is 0 Å². The first-order valence-electron chi connectivity index (χ1n) is 8.94. The zero-order valence-corrected chi connectivity index (χ0v) is 14.2. The zero-order valence-electron chi connectivity index (χ0n) is 14.2. The molecule has 0 spiro atoms. The predicted octanol–water partition coefficient (Wildman–Crippen LogP) is 3.13. The van der Waals surface area contributed by atoms with E-state index in [-0.39, 0.29) is 29.7 Å². The van der Waals surface area contributed by atoms with E-state index in [1.165, 1.54) is 4.90 Å². The molecule has 2 aromatic carbocycles. The fourth-order valence-electron chi connectivity index (χ4n) is 5.27. The number of likely N-dealkylation sites (N-methyl/N-ethyl adjacent to an activating group) is 1. The zero-order chi connectivity index (χ0) is 17.6. The van der Waals surface area contributed by atoms with Crippen molar-refractivity contribution in [1.82, 2.24) is 9.88 Å². The van der Waals surface area contributed by atoms with Gasteiger partial charge < -0.3 is 10.3 Å². The van der Waals surface area contributed by atoms with Gasteiger partial charge in [-0.3, -0.25) is 14.5 Å². The van der Waals surface area contributed by atoms with E-state index in [1.54, 1.807) is 7.05 Å². The topological polar surface area (TPSA) is 65.2 Å². The molecule has 2 N–H and O–H groups in total. The highest BCUT2D eigenvalue weighted by Crippen LogP contribution is 2.59. The van der Waals surface area contributed by atoms with Crippen molar-refractivity contribution in [2.45, 2.75) is 17.9 Å². The highest BCUT2D eigenvalue weighted by molar-refractivity contribution is 6.10. The maximum Gasteiger partial charge on any atom is 0.237 e. The summed E-state index contributed by atoms with van der Waals surface area (Å²) in [4.78, 5) is 30.9. The van der Waals surface area contributed by atoms with Gasteiger partial charge in [-0.2, -0.15) is 0 Å². The Morgan fingerprint density at radius 3 is 2.58 bits per heavy atom. The number of carbonyl (C=O) groups is 2. The van der Waals surface area contributed by atoms with Gasteiger partial charge in [-0.25, -0.2) is 0 Å². The van der Waals surface area contributed by atoms with E-state index in [2.05, 4.69) is 22.4 Å². The lowest BCUT2D eigenvalue weighted by Gasteiger charge is -2.33. The van der Waals surface area contributed by atoms with Crippen LogP contribution in [0.15, 0.2) is 48.5 Å². The number of hydrogen-bond donors (Lipinski definition) is 2. The number of likely N-dealkylation sites (tertiary alicyclic amines) is 1. The first-order valence-corrected chi connectivity index (χ1v) is 8.94. The first-order chi connectivity index (χ1) is 12.7. The molecule has 5 heteroatoms. The number of hydrogen-bond acceptors (Lipinski definition) is 3. The van der Waals surface area contributed by atoms with Crippen LogP contribution in [-0.2, 0) is 9.59 Å². The van der Waals surface area contributed by atoms with Crippen molar-refractivity contribution in [3.05, 3.63) is 65.4 Å². The van der Waals surface area contributed by atoms with E-state index in [4.69, 9.17) is 0 Å². The number of fused-ring (bicyclic) bond motifs is 10. The van der Waals surface area contributed by atoms with Crippen molar-refractivity contribution in [1.29, 1.82) is 0 Å². The summed E-state index contributed by atoms with van der Waals surface area (Å²) in [5, 5.41) is 4.65. The highest BCUT2D eigenvalue weighted by atomic mass is 16.2. The fourth-order valence-corrected chi connectivity index (χ4v) is 5.27. The molecule has 3 aliphatic rings. The van der Waals surface area contributed by atoms with Gasteiger partial charge in [0.2, 0.25) is 11.8 Å². The van der Waals surface area contributed by atoms with Crippen LogP contribution in [-0.4, -0.2) is 28.7 Å². The van der Waals surface area contributed by atoms with Crippen LogP contribution in [0.2, 0.25) is 0 Å². The minimum absolute atomic E-state index is 0.0145. The molecule has 5 nitrogen and oxygen atoms in total. The summed E-state index contributed by atoms with van der Waals surface area (Å²) in [7, 11) is 1.61. The van der Waals surface area contributed by atoms with E-state index in [0.29, 0.717) is 0 Å². The molecule has 2 amide bonds. The maximum atomic E-state index is 13.0. The van der Waals surface area contributed by atoms with E-state index in [9.17, 15) is 9.59 Å². The van der Waals surface area contributed by atoms with Crippen LogP contribution in [0.4, 0.5) is 5.69 Å². The van der Waals surface area contributed by atoms with Gasteiger partial charge in [0.25, 0.3) is 0 Å². The van der Waals surface area contributed by atoms with Crippen LogP contribution >= 0.6 is 0 Å². The number of carbonyl (C=O) groups excluding carboxylic acids is 2. The lowest BCUT2D eigenvalue weighted by Crippen LogP contribution is -2.33. The van der Waals surface area contributed by atoms with Crippen molar-refractivity contribution in [2.24, 2.45) is 5.92 Å². The number of H-pyrrole nitrogens is 1. The molecule has 128 valence electrons. The van der Waals surface area contributed by atoms with E-state index in [0.717, 1.165) is 33.4 Å². The summed E-state index contributed by atoms with van der Waals surface area (Å²) in [6.45, 7) is 0. The minimum Gasteiger partial charge on any atom is -0.376 e. The van der Waals surface area contributed by atoms with Crippen molar-refractivity contribution in [3.63, 3.8) is 0 Å². The monoisotopic (exact) mass is 343 g/mol. The molecule has 26 heavy (non-hydrogen) atoms. The second-order valence-electron chi connectivity index (χ2n) is 7.47. The predicted molar refractivity (Wildman–Crippen MR) is 97.9 cm³/mol. The smallest absolute Gasteiger partial charge is 0.237 e. The molecular formula is C21H17N3O2. The molecule has 2 aliphatic heterocycles. The molecule has 0 radical (unpaired) electrons. The Labute approximate surface area is 150 Å². The lowest BCUT2D eigenvalue weighted by atomic mass is 9.68. The molecule has 1 aromatic heterocycles. The Morgan fingerprint density at radius 2 is 1.69 bits per heavy atom. The number of aromatic amines is 1. The third kappa shape index (κ3) is 1.48. The molecule has 1 fully saturated rings. The van der Waals surface area contributed by atoms with Crippen LogP contribution in [0.1, 0.15) is 34.7 Å². The number of amides is 2. The molecule has 6 rings (SSSR count).